The van der Waals surface area contributed by atoms with Gasteiger partial charge in [0.2, 0.25) is 0 Å². The van der Waals surface area contributed by atoms with Gasteiger partial charge >= 0.3 is 5.97 Å². The molecule has 0 saturated heterocycles. The summed E-state index contributed by atoms with van der Waals surface area (Å²) >= 11 is 0. The van der Waals surface area contributed by atoms with E-state index in [1.54, 1.807) is 31.2 Å². The molecular formula is C26H24F2N2O5. The molecule has 3 aromatic rings. The van der Waals surface area contributed by atoms with Crippen molar-refractivity contribution in [3.05, 3.63) is 94.8 Å². The van der Waals surface area contributed by atoms with Crippen molar-refractivity contribution in [2.24, 2.45) is 0 Å². The number of esters is 1. The van der Waals surface area contributed by atoms with E-state index in [0.717, 1.165) is 0 Å². The highest BCUT2D eigenvalue weighted by Gasteiger charge is 2.28. The van der Waals surface area contributed by atoms with E-state index < -0.39 is 47.3 Å². The Balaban J connectivity index is 1.75. The van der Waals surface area contributed by atoms with Crippen LogP contribution in [0.1, 0.15) is 46.9 Å². The molecule has 3 rings (SSSR count). The van der Waals surface area contributed by atoms with Crippen LogP contribution in [0, 0.1) is 11.6 Å². The Morgan fingerprint density at radius 1 is 1.00 bits per heavy atom. The molecule has 2 atom stereocenters. The molecule has 1 aromatic heterocycles. The third-order valence-corrected chi connectivity index (χ3v) is 5.46. The minimum absolute atomic E-state index is 0.0993. The average Bonchev–Trinajstić information content (AvgIpc) is 2.83. The largest absolute Gasteiger partial charge is 0.505 e. The molecule has 0 spiro atoms. The van der Waals surface area contributed by atoms with Crippen molar-refractivity contribution < 1.29 is 33.0 Å². The molecule has 7 nitrogen and oxygen atoms in total. The quantitative estimate of drug-likeness (QED) is 0.356. The van der Waals surface area contributed by atoms with Gasteiger partial charge in [0.15, 0.2) is 11.4 Å². The van der Waals surface area contributed by atoms with Crippen LogP contribution in [0.25, 0.3) is 0 Å². The first-order valence-electron chi connectivity index (χ1n) is 10.8. The van der Waals surface area contributed by atoms with Gasteiger partial charge in [0, 0.05) is 24.1 Å². The third kappa shape index (κ3) is 6.26. The fourth-order valence-electron chi connectivity index (χ4n) is 3.67. The van der Waals surface area contributed by atoms with Gasteiger partial charge in [-0.15, -0.1) is 0 Å². The molecule has 9 heteroatoms. The van der Waals surface area contributed by atoms with E-state index in [2.05, 4.69) is 10.3 Å². The summed E-state index contributed by atoms with van der Waals surface area (Å²) in [6.45, 7) is 3.05. The Kier molecular flexibility index (Phi) is 8.25. The Labute approximate surface area is 200 Å². The lowest BCUT2D eigenvalue weighted by Crippen LogP contribution is -2.41. The Morgan fingerprint density at radius 3 is 2.06 bits per heavy atom. The van der Waals surface area contributed by atoms with E-state index in [9.17, 15) is 28.3 Å². The number of hydrogen-bond donors (Lipinski definition) is 2. The number of aldehydes is 1. The Morgan fingerprint density at radius 2 is 1.54 bits per heavy atom. The molecule has 0 radical (unpaired) electrons. The van der Waals surface area contributed by atoms with Crippen LogP contribution in [0.2, 0.25) is 0 Å². The Hall–Kier alpha value is -4.14. The minimum Gasteiger partial charge on any atom is -0.505 e. The molecule has 182 valence electrons. The van der Waals surface area contributed by atoms with E-state index >= 15 is 0 Å². The zero-order chi connectivity index (χ0) is 25.5. The van der Waals surface area contributed by atoms with Crippen molar-refractivity contribution in [1.29, 1.82) is 0 Å². The number of nitrogens with one attached hydrogen (secondary N) is 1. The number of ether oxygens (including phenoxy) is 1. The van der Waals surface area contributed by atoms with Gasteiger partial charge in [-0.05, 0) is 55.3 Å². The van der Waals surface area contributed by atoms with Crippen molar-refractivity contribution in [1.82, 2.24) is 10.3 Å². The maximum Gasteiger partial charge on any atom is 0.328 e. The fourth-order valence-corrected chi connectivity index (χ4v) is 3.67. The number of halogens is 2. The molecule has 0 aliphatic carbocycles. The summed E-state index contributed by atoms with van der Waals surface area (Å²) in [4.78, 5) is 39.9. The number of hydrogen-bond acceptors (Lipinski definition) is 6. The second-order valence-electron chi connectivity index (χ2n) is 7.96. The number of nitrogens with zero attached hydrogens (tertiary/aromatic N) is 1. The summed E-state index contributed by atoms with van der Waals surface area (Å²) in [5.41, 5.74) is 1.20. The van der Waals surface area contributed by atoms with Gasteiger partial charge in [-0.1, -0.05) is 24.3 Å². The molecule has 0 bridgehead atoms. The number of carbonyl (C=O) groups excluding carboxylic acids is 3. The van der Waals surface area contributed by atoms with Crippen molar-refractivity contribution in [3.8, 4) is 5.75 Å². The van der Waals surface area contributed by atoms with E-state index in [1.165, 1.54) is 43.5 Å². The normalized spacial score (nSPS) is 12.6. The summed E-state index contributed by atoms with van der Waals surface area (Å²) in [5, 5.41) is 12.6. The van der Waals surface area contributed by atoms with Crippen molar-refractivity contribution in [3.63, 3.8) is 0 Å². The maximum absolute atomic E-state index is 13.5. The topological polar surface area (TPSA) is 106 Å². The standard InChI is InChI=1S/C26H24F2N2O5/c1-15(30-25(33)23-24(32)19(12-14-31)11-13-29-23)26(34)35-16(2)22(17-3-7-20(27)8-4-17)18-5-9-21(28)10-6-18/h3-11,13-16,22,32H,12H2,1-2H3,(H,30,33)/t15-,16?/m0/s1. The number of carbonyl (C=O) groups is 3. The Bertz CT molecular complexity index is 1150. The summed E-state index contributed by atoms with van der Waals surface area (Å²) in [7, 11) is 0. The lowest BCUT2D eigenvalue weighted by atomic mass is 9.87. The number of pyridine rings is 1. The van der Waals surface area contributed by atoms with Crippen LogP contribution in [-0.2, 0) is 20.7 Å². The van der Waals surface area contributed by atoms with Gasteiger partial charge in [0.25, 0.3) is 5.91 Å². The first-order valence-corrected chi connectivity index (χ1v) is 10.8. The summed E-state index contributed by atoms with van der Waals surface area (Å²) < 4.78 is 32.5. The van der Waals surface area contributed by atoms with Gasteiger partial charge < -0.3 is 20.0 Å². The molecule has 0 saturated carbocycles. The molecule has 1 heterocycles. The van der Waals surface area contributed by atoms with E-state index in [1.807, 2.05) is 0 Å². The SMILES string of the molecule is CC(OC(=O)[C@H](C)NC(=O)c1nccc(CC=O)c1O)C(c1ccc(F)cc1)c1ccc(F)cc1. The second kappa shape index (κ2) is 11.3. The molecule has 1 unspecified atom stereocenters. The molecule has 1 amide bonds. The lowest BCUT2D eigenvalue weighted by Gasteiger charge is -2.26. The summed E-state index contributed by atoms with van der Waals surface area (Å²) in [6.07, 6.45) is 0.989. The molecule has 0 aliphatic rings. The van der Waals surface area contributed by atoms with Gasteiger partial charge in [-0.25, -0.2) is 18.6 Å². The zero-order valence-electron chi connectivity index (χ0n) is 19.1. The molecular weight excluding hydrogens is 458 g/mol. The van der Waals surface area contributed by atoms with Gasteiger partial charge in [0.1, 0.15) is 30.1 Å². The van der Waals surface area contributed by atoms with Crippen LogP contribution in [0.15, 0.2) is 60.8 Å². The highest BCUT2D eigenvalue weighted by molar-refractivity contribution is 5.97. The predicted octanol–water partition coefficient (Wildman–Crippen LogP) is 3.69. The second-order valence-corrected chi connectivity index (χ2v) is 7.96. The van der Waals surface area contributed by atoms with E-state index in [-0.39, 0.29) is 17.7 Å². The van der Waals surface area contributed by atoms with Crippen LogP contribution in [0.4, 0.5) is 8.78 Å². The molecule has 35 heavy (non-hydrogen) atoms. The van der Waals surface area contributed by atoms with Crippen molar-refractivity contribution >= 4 is 18.2 Å². The monoisotopic (exact) mass is 482 g/mol. The number of amides is 1. The van der Waals surface area contributed by atoms with E-state index in [0.29, 0.717) is 17.4 Å². The molecule has 2 aromatic carbocycles. The smallest absolute Gasteiger partial charge is 0.328 e. The molecule has 0 fully saturated rings. The van der Waals surface area contributed by atoms with Crippen LogP contribution in [-0.4, -0.2) is 40.4 Å². The average molecular weight is 482 g/mol. The van der Waals surface area contributed by atoms with Crippen molar-refractivity contribution in [2.45, 2.75) is 38.3 Å². The van der Waals surface area contributed by atoms with Crippen LogP contribution in [0.5, 0.6) is 5.75 Å². The number of benzene rings is 2. The molecule has 0 aliphatic heterocycles. The first-order chi connectivity index (χ1) is 16.7. The van der Waals surface area contributed by atoms with Crippen LogP contribution < -0.4 is 5.32 Å². The highest BCUT2D eigenvalue weighted by atomic mass is 19.1. The third-order valence-electron chi connectivity index (χ3n) is 5.46. The maximum atomic E-state index is 13.5. The van der Waals surface area contributed by atoms with Gasteiger partial charge in [-0.2, -0.15) is 0 Å². The summed E-state index contributed by atoms with van der Waals surface area (Å²) in [5.74, 6) is -3.42. The highest BCUT2D eigenvalue weighted by Crippen LogP contribution is 2.30. The van der Waals surface area contributed by atoms with Crippen LogP contribution in [0.3, 0.4) is 0 Å². The zero-order valence-corrected chi connectivity index (χ0v) is 19.1. The number of rotatable bonds is 9. The lowest BCUT2D eigenvalue weighted by molar-refractivity contribution is -0.150. The van der Waals surface area contributed by atoms with Gasteiger partial charge in [-0.3, -0.25) is 4.79 Å². The number of aromatic nitrogens is 1. The first kappa shape index (κ1) is 25.5. The number of aromatic hydroxyl groups is 1. The fraction of sp³-hybridized carbons (Fsp3) is 0.231. The van der Waals surface area contributed by atoms with Gasteiger partial charge in [0.05, 0.1) is 0 Å². The minimum atomic E-state index is -1.11. The van der Waals surface area contributed by atoms with E-state index in [4.69, 9.17) is 4.74 Å². The van der Waals surface area contributed by atoms with Crippen molar-refractivity contribution in [2.75, 3.05) is 0 Å². The molecule has 2 N–H and O–H groups in total. The summed E-state index contributed by atoms with van der Waals surface area (Å²) in [6, 6.07) is 11.6. The van der Waals surface area contributed by atoms with Crippen LogP contribution >= 0.6 is 0 Å². The predicted molar refractivity (Wildman–Crippen MR) is 123 cm³/mol.